The highest BCUT2D eigenvalue weighted by Gasteiger charge is 2.20. The minimum Gasteiger partial charge on any atom is -0.481 e. The molecule has 0 radical (unpaired) electrons. The highest BCUT2D eigenvalue weighted by atomic mass is 32.2. The predicted octanol–water partition coefficient (Wildman–Crippen LogP) is 1.91. The van der Waals surface area contributed by atoms with Crippen LogP contribution in [-0.2, 0) is 17.8 Å². The Kier molecular flexibility index (Phi) is 4.94. The molecule has 1 fully saturated rings. The van der Waals surface area contributed by atoms with E-state index in [1.165, 1.54) is 30.4 Å². The van der Waals surface area contributed by atoms with Crippen LogP contribution in [0.1, 0.15) is 25.6 Å². The molecule has 0 aliphatic carbocycles. The fourth-order valence-corrected chi connectivity index (χ4v) is 3.93. The molecule has 1 aromatic heterocycles. The third-order valence-corrected chi connectivity index (χ3v) is 5.18. The number of nitrogens with zero attached hydrogens (tertiary/aromatic N) is 3. The van der Waals surface area contributed by atoms with Crippen LogP contribution in [0.2, 0.25) is 0 Å². The van der Waals surface area contributed by atoms with Crippen molar-refractivity contribution >= 4 is 29.5 Å². The maximum absolute atomic E-state index is 10.6. The van der Waals surface area contributed by atoms with Crippen LogP contribution in [0.25, 0.3) is 0 Å². The first-order valence-electron chi connectivity index (χ1n) is 6.09. The van der Waals surface area contributed by atoms with Crippen molar-refractivity contribution in [2.45, 2.75) is 43.1 Å². The summed E-state index contributed by atoms with van der Waals surface area (Å²) in [5.74, 6) is 1.41. The summed E-state index contributed by atoms with van der Waals surface area (Å²) in [4.78, 5) is 10.6. The minimum atomic E-state index is -0.817. The van der Waals surface area contributed by atoms with Crippen molar-refractivity contribution in [2.24, 2.45) is 0 Å². The molecule has 0 saturated carbocycles. The zero-order valence-corrected chi connectivity index (χ0v) is 12.0. The van der Waals surface area contributed by atoms with Gasteiger partial charge in [-0.05, 0) is 18.6 Å². The van der Waals surface area contributed by atoms with Crippen LogP contribution in [0.3, 0.4) is 0 Å². The van der Waals surface area contributed by atoms with Gasteiger partial charge in [0.25, 0.3) is 0 Å². The molecule has 7 heteroatoms. The number of hydrogen-bond acceptors (Lipinski definition) is 5. The Labute approximate surface area is 115 Å². The van der Waals surface area contributed by atoms with Crippen LogP contribution < -0.4 is 0 Å². The van der Waals surface area contributed by atoms with Gasteiger partial charge in [-0.25, -0.2) is 0 Å². The average Bonchev–Trinajstić information content (AvgIpc) is 2.97. The van der Waals surface area contributed by atoms with Crippen molar-refractivity contribution in [1.29, 1.82) is 0 Å². The quantitative estimate of drug-likeness (QED) is 0.806. The van der Waals surface area contributed by atoms with Crippen molar-refractivity contribution in [1.82, 2.24) is 14.8 Å². The minimum absolute atomic E-state index is 0.0413. The largest absolute Gasteiger partial charge is 0.481 e. The molecule has 18 heavy (non-hydrogen) atoms. The summed E-state index contributed by atoms with van der Waals surface area (Å²) in [6, 6.07) is 0. The van der Waals surface area contributed by atoms with Crippen molar-refractivity contribution in [3.63, 3.8) is 0 Å². The Morgan fingerprint density at radius 3 is 3.06 bits per heavy atom. The van der Waals surface area contributed by atoms with Crippen LogP contribution in [0.4, 0.5) is 0 Å². The van der Waals surface area contributed by atoms with Gasteiger partial charge in [-0.1, -0.05) is 18.7 Å². The van der Waals surface area contributed by atoms with Gasteiger partial charge in [0.15, 0.2) is 5.16 Å². The molecule has 1 aromatic rings. The number of thioether (sulfide) groups is 2. The van der Waals surface area contributed by atoms with Gasteiger partial charge in [0.2, 0.25) is 0 Å². The van der Waals surface area contributed by atoms with Gasteiger partial charge in [0.05, 0.1) is 5.75 Å². The molecule has 1 unspecified atom stereocenters. The molecule has 0 bridgehead atoms. The lowest BCUT2D eigenvalue weighted by Crippen LogP contribution is -2.14. The molecular formula is C11H17N3O2S2. The molecule has 2 heterocycles. The summed E-state index contributed by atoms with van der Waals surface area (Å²) in [5, 5.41) is 18.3. The first-order valence-corrected chi connectivity index (χ1v) is 8.12. The van der Waals surface area contributed by atoms with E-state index in [1.54, 1.807) is 0 Å². The number of carboxylic acids is 1. The Morgan fingerprint density at radius 1 is 1.61 bits per heavy atom. The van der Waals surface area contributed by atoms with Gasteiger partial charge in [0.1, 0.15) is 5.82 Å². The highest BCUT2D eigenvalue weighted by Crippen LogP contribution is 2.29. The van der Waals surface area contributed by atoms with E-state index in [0.717, 1.165) is 23.9 Å². The van der Waals surface area contributed by atoms with Crippen molar-refractivity contribution < 1.29 is 9.90 Å². The van der Waals surface area contributed by atoms with Crippen LogP contribution in [0.15, 0.2) is 5.16 Å². The summed E-state index contributed by atoms with van der Waals surface area (Å²) in [6.07, 6.45) is 3.34. The first-order chi connectivity index (χ1) is 8.70. The van der Waals surface area contributed by atoms with Crippen molar-refractivity contribution in [3.05, 3.63) is 5.82 Å². The Hall–Kier alpha value is -0.690. The number of carboxylic acid groups (broad SMARTS) is 1. The molecule has 0 aromatic carbocycles. The molecule has 1 aliphatic rings. The van der Waals surface area contributed by atoms with E-state index in [2.05, 4.69) is 14.8 Å². The third-order valence-electron chi connectivity index (χ3n) is 2.84. The van der Waals surface area contributed by atoms with E-state index < -0.39 is 5.97 Å². The zero-order valence-electron chi connectivity index (χ0n) is 10.3. The number of carbonyl (C=O) groups is 1. The van der Waals surface area contributed by atoms with E-state index in [9.17, 15) is 4.79 Å². The first kappa shape index (κ1) is 13.7. The lowest BCUT2D eigenvalue weighted by Gasteiger charge is -2.13. The number of aromatic nitrogens is 3. The van der Waals surface area contributed by atoms with Gasteiger partial charge >= 0.3 is 5.97 Å². The fraction of sp³-hybridized carbons (Fsp3) is 0.727. The number of aliphatic carboxylic acids is 1. The Bertz CT molecular complexity index is 416. The summed E-state index contributed by atoms with van der Waals surface area (Å²) in [5.41, 5.74) is 0. The Morgan fingerprint density at radius 2 is 2.44 bits per heavy atom. The molecule has 0 amide bonds. The lowest BCUT2D eigenvalue weighted by molar-refractivity contribution is -0.133. The van der Waals surface area contributed by atoms with Gasteiger partial charge in [0, 0.05) is 18.2 Å². The topological polar surface area (TPSA) is 68.0 Å². The average molecular weight is 287 g/mol. The zero-order chi connectivity index (χ0) is 13.0. The molecule has 0 spiro atoms. The van der Waals surface area contributed by atoms with Crippen LogP contribution in [0, 0.1) is 0 Å². The second-order valence-corrected chi connectivity index (χ2v) is 6.53. The van der Waals surface area contributed by atoms with Gasteiger partial charge in [-0.3, -0.25) is 4.79 Å². The van der Waals surface area contributed by atoms with Crippen LogP contribution in [-0.4, -0.2) is 42.6 Å². The normalized spacial score (nSPS) is 19.3. The highest BCUT2D eigenvalue weighted by molar-refractivity contribution is 8.00. The smallest absolute Gasteiger partial charge is 0.313 e. The summed E-state index contributed by atoms with van der Waals surface area (Å²) in [6.45, 7) is 2.96. The van der Waals surface area contributed by atoms with Crippen LogP contribution >= 0.6 is 23.5 Å². The molecular weight excluding hydrogens is 270 g/mol. The second-order valence-electron chi connectivity index (χ2n) is 4.18. The van der Waals surface area contributed by atoms with E-state index in [1.807, 2.05) is 18.7 Å². The second kappa shape index (κ2) is 6.47. The molecule has 1 aliphatic heterocycles. The molecule has 1 N–H and O–H groups in total. The van der Waals surface area contributed by atoms with Gasteiger partial charge in [-0.2, -0.15) is 11.8 Å². The fourth-order valence-electron chi connectivity index (χ4n) is 1.99. The number of rotatable bonds is 6. The Balaban J connectivity index is 2.08. The standard InChI is InChI=1S/C11H17N3O2S2/c1-2-9-12-13-11(18-7-10(15)16)14(9)6-8-4-3-5-17-8/h8H,2-7H2,1H3,(H,15,16). The molecule has 2 rings (SSSR count). The summed E-state index contributed by atoms with van der Waals surface area (Å²) in [7, 11) is 0. The van der Waals surface area contributed by atoms with Crippen molar-refractivity contribution in [2.75, 3.05) is 11.5 Å². The summed E-state index contributed by atoms with van der Waals surface area (Å²) < 4.78 is 2.09. The molecule has 1 saturated heterocycles. The SMILES string of the molecule is CCc1nnc(SCC(=O)O)n1CC1CCCS1. The number of hydrogen-bond donors (Lipinski definition) is 1. The van der Waals surface area contributed by atoms with Crippen LogP contribution in [0.5, 0.6) is 0 Å². The predicted molar refractivity (Wildman–Crippen MR) is 73.2 cm³/mol. The third kappa shape index (κ3) is 3.41. The lowest BCUT2D eigenvalue weighted by atomic mass is 10.2. The van der Waals surface area contributed by atoms with Gasteiger partial charge < -0.3 is 9.67 Å². The maximum Gasteiger partial charge on any atom is 0.313 e. The molecule has 5 nitrogen and oxygen atoms in total. The maximum atomic E-state index is 10.6. The summed E-state index contributed by atoms with van der Waals surface area (Å²) >= 11 is 3.25. The van der Waals surface area contributed by atoms with E-state index >= 15 is 0 Å². The van der Waals surface area contributed by atoms with E-state index in [-0.39, 0.29) is 5.75 Å². The number of aryl methyl sites for hydroxylation is 1. The van der Waals surface area contributed by atoms with E-state index in [0.29, 0.717) is 5.25 Å². The molecule has 100 valence electrons. The van der Waals surface area contributed by atoms with Crippen molar-refractivity contribution in [3.8, 4) is 0 Å². The molecule has 1 atom stereocenters. The van der Waals surface area contributed by atoms with Gasteiger partial charge in [-0.15, -0.1) is 10.2 Å². The van der Waals surface area contributed by atoms with E-state index in [4.69, 9.17) is 5.11 Å². The monoisotopic (exact) mass is 287 g/mol.